The zero-order chi connectivity index (χ0) is 19.5. The molecule has 7 heteroatoms. The number of aromatic nitrogens is 3. The number of allylic oxidation sites excluding steroid dienone is 1. The summed E-state index contributed by atoms with van der Waals surface area (Å²) < 4.78 is 1.58. The van der Waals surface area contributed by atoms with E-state index in [-0.39, 0.29) is 17.1 Å². The number of thiophene rings is 1. The van der Waals surface area contributed by atoms with E-state index >= 15 is 0 Å². The van der Waals surface area contributed by atoms with Crippen molar-refractivity contribution in [2.45, 2.75) is 11.7 Å². The van der Waals surface area contributed by atoms with Crippen molar-refractivity contribution < 1.29 is 4.79 Å². The SMILES string of the molecule is C=CCn1c(SCC(=O)c2ccc[nH]2)nc2scc(-c3ccccc3)c2c1=O. The fraction of sp³-hybridized carbons (Fsp3) is 0.0952. The summed E-state index contributed by atoms with van der Waals surface area (Å²) in [6.45, 7) is 4.09. The highest BCUT2D eigenvalue weighted by Crippen LogP contribution is 2.32. The van der Waals surface area contributed by atoms with Crippen molar-refractivity contribution in [3.05, 3.63) is 82.7 Å². The molecule has 4 aromatic rings. The number of hydrogen-bond donors (Lipinski definition) is 1. The zero-order valence-corrected chi connectivity index (χ0v) is 16.6. The number of rotatable bonds is 7. The van der Waals surface area contributed by atoms with Crippen LogP contribution in [0.5, 0.6) is 0 Å². The lowest BCUT2D eigenvalue weighted by atomic mass is 10.1. The molecule has 0 aliphatic carbocycles. The second-order valence-electron chi connectivity index (χ2n) is 6.09. The van der Waals surface area contributed by atoms with Crippen molar-refractivity contribution in [3.8, 4) is 11.1 Å². The summed E-state index contributed by atoms with van der Waals surface area (Å²) in [6, 6.07) is 13.3. The topological polar surface area (TPSA) is 67.8 Å². The van der Waals surface area contributed by atoms with E-state index in [0.717, 1.165) is 11.1 Å². The Morgan fingerprint density at radius 1 is 1.25 bits per heavy atom. The molecule has 3 heterocycles. The van der Waals surface area contributed by atoms with Crippen molar-refractivity contribution in [2.75, 3.05) is 5.75 Å². The van der Waals surface area contributed by atoms with Gasteiger partial charge in [-0.05, 0) is 17.7 Å². The summed E-state index contributed by atoms with van der Waals surface area (Å²) in [4.78, 5) is 33.8. The van der Waals surface area contributed by atoms with Crippen LogP contribution in [-0.2, 0) is 6.54 Å². The second kappa shape index (κ2) is 8.00. The molecule has 0 radical (unpaired) electrons. The van der Waals surface area contributed by atoms with Crippen molar-refractivity contribution in [1.29, 1.82) is 0 Å². The first kappa shape index (κ1) is 18.5. The minimum absolute atomic E-state index is 0.0364. The molecule has 0 aliphatic rings. The summed E-state index contributed by atoms with van der Waals surface area (Å²) in [5.41, 5.74) is 2.31. The van der Waals surface area contributed by atoms with E-state index in [1.54, 1.807) is 29.0 Å². The number of Topliss-reactive ketones (excluding diaryl/α,β-unsaturated/α-hetero) is 1. The van der Waals surface area contributed by atoms with E-state index in [1.165, 1.54) is 23.1 Å². The maximum Gasteiger partial charge on any atom is 0.263 e. The largest absolute Gasteiger partial charge is 0.359 e. The van der Waals surface area contributed by atoms with Gasteiger partial charge in [-0.2, -0.15) is 0 Å². The van der Waals surface area contributed by atoms with Gasteiger partial charge in [0.05, 0.1) is 16.8 Å². The predicted molar refractivity (Wildman–Crippen MR) is 115 cm³/mol. The number of carbonyl (C=O) groups excluding carboxylic acids is 1. The summed E-state index contributed by atoms with van der Waals surface area (Å²) in [5, 5.41) is 3.10. The van der Waals surface area contributed by atoms with E-state index in [4.69, 9.17) is 0 Å². The maximum atomic E-state index is 13.2. The molecule has 0 saturated heterocycles. The molecular formula is C21H17N3O2S2. The van der Waals surface area contributed by atoms with Crippen LogP contribution < -0.4 is 5.56 Å². The third kappa shape index (κ3) is 3.46. The van der Waals surface area contributed by atoms with Gasteiger partial charge in [0.1, 0.15) is 4.83 Å². The number of aromatic amines is 1. The summed E-state index contributed by atoms with van der Waals surface area (Å²) in [6.07, 6.45) is 3.38. The number of fused-ring (bicyclic) bond motifs is 1. The standard InChI is InChI=1S/C21H17N3O2S2/c1-2-11-24-20(26)18-15(14-7-4-3-5-8-14)12-27-19(18)23-21(24)28-13-17(25)16-9-6-10-22-16/h2-10,12,22H,1,11,13H2. The quantitative estimate of drug-likeness (QED) is 0.210. The Morgan fingerprint density at radius 3 is 2.79 bits per heavy atom. The van der Waals surface area contributed by atoms with E-state index in [2.05, 4.69) is 16.5 Å². The number of hydrogen-bond acceptors (Lipinski definition) is 5. The predicted octanol–water partition coefficient (Wildman–Crippen LogP) is 4.61. The number of ketones is 1. The summed E-state index contributed by atoms with van der Waals surface area (Å²) in [5.74, 6) is 0.164. The average molecular weight is 408 g/mol. The van der Waals surface area contributed by atoms with Crippen molar-refractivity contribution in [1.82, 2.24) is 14.5 Å². The fourth-order valence-electron chi connectivity index (χ4n) is 2.95. The maximum absolute atomic E-state index is 13.2. The summed E-state index contributed by atoms with van der Waals surface area (Å²) >= 11 is 2.71. The van der Waals surface area contributed by atoms with E-state index in [1.807, 2.05) is 35.7 Å². The van der Waals surface area contributed by atoms with Gasteiger partial charge >= 0.3 is 0 Å². The number of H-pyrrole nitrogens is 1. The zero-order valence-electron chi connectivity index (χ0n) is 14.9. The minimum Gasteiger partial charge on any atom is -0.359 e. The first-order valence-corrected chi connectivity index (χ1v) is 10.5. The van der Waals surface area contributed by atoms with Crippen LogP contribution in [0.4, 0.5) is 0 Å². The molecular weight excluding hydrogens is 390 g/mol. The highest BCUT2D eigenvalue weighted by atomic mass is 32.2. The van der Waals surface area contributed by atoms with E-state index in [0.29, 0.717) is 27.6 Å². The van der Waals surface area contributed by atoms with Gasteiger partial charge in [0.2, 0.25) is 0 Å². The van der Waals surface area contributed by atoms with Gasteiger partial charge in [-0.3, -0.25) is 14.2 Å². The Labute approximate surface area is 169 Å². The molecule has 4 rings (SSSR count). The van der Waals surface area contributed by atoms with Crippen LogP contribution in [0.3, 0.4) is 0 Å². The lowest BCUT2D eigenvalue weighted by molar-refractivity contribution is 0.101. The van der Waals surface area contributed by atoms with Gasteiger partial charge < -0.3 is 4.98 Å². The molecule has 0 saturated carbocycles. The Morgan fingerprint density at radius 2 is 2.07 bits per heavy atom. The third-order valence-electron chi connectivity index (χ3n) is 4.29. The normalized spacial score (nSPS) is 11.0. The monoisotopic (exact) mass is 407 g/mol. The first-order valence-electron chi connectivity index (χ1n) is 8.66. The smallest absolute Gasteiger partial charge is 0.263 e. The molecule has 3 aromatic heterocycles. The van der Waals surface area contributed by atoms with Gasteiger partial charge in [-0.25, -0.2) is 4.98 Å². The number of carbonyl (C=O) groups is 1. The van der Waals surface area contributed by atoms with Crippen LogP contribution in [0.1, 0.15) is 10.5 Å². The van der Waals surface area contributed by atoms with Crippen LogP contribution in [0.15, 0.2) is 76.6 Å². The molecule has 0 amide bonds. The average Bonchev–Trinajstić information content (AvgIpc) is 3.39. The Balaban J connectivity index is 1.75. The van der Waals surface area contributed by atoms with Gasteiger partial charge in [-0.1, -0.05) is 48.2 Å². The lowest BCUT2D eigenvalue weighted by Gasteiger charge is -2.10. The molecule has 140 valence electrons. The Bertz CT molecular complexity index is 1190. The number of nitrogens with one attached hydrogen (secondary N) is 1. The molecule has 28 heavy (non-hydrogen) atoms. The Kier molecular flexibility index (Phi) is 5.27. The van der Waals surface area contributed by atoms with Crippen LogP contribution in [0.2, 0.25) is 0 Å². The number of thioether (sulfide) groups is 1. The van der Waals surface area contributed by atoms with Gasteiger partial charge in [0.25, 0.3) is 5.56 Å². The molecule has 5 nitrogen and oxygen atoms in total. The third-order valence-corrected chi connectivity index (χ3v) is 6.13. The molecule has 0 unspecified atom stereocenters. The van der Waals surface area contributed by atoms with Crippen molar-refractivity contribution in [2.24, 2.45) is 0 Å². The van der Waals surface area contributed by atoms with E-state index in [9.17, 15) is 9.59 Å². The molecule has 1 N–H and O–H groups in total. The molecule has 0 atom stereocenters. The lowest BCUT2D eigenvalue weighted by Crippen LogP contribution is -2.23. The van der Waals surface area contributed by atoms with Gasteiger partial charge in [0.15, 0.2) is 10.9 Å². The minimum atomic E-state index is -0.111. The van der Waals surface area contributed by atoms with Crippen LogP contribution >= 0.6 is 23.1 Å². The second-order valence-corrected chi connectivity index (χ2v) is 7.89. The molecule has 0 spiro atoms. The highest BCUT2D eigenvalue weighted by molar-refractivity contribution is 7.99. The molecule has 0 bridgehead atoms. The fourth-order valence-corrected chi connectivity index (χ4v) is 4.83. The van der Waals surface area contributed by atoms with E-state index < -0.39 is 0 Å². The Hall–Kier alpha value is -2.90. The molecule has 1 aromatic carbocycles. The van der Waals surface area contributed by atoms with Crippen molar-refractivity contribution >= 4 is 39.1 Å². The van der Waals surface area contributed by atoms with Gasteiger partial charge in [0, 0.05) is 23.7 Å². The van der Waals surface area contributed by atoms with Crippen LogP contribution in [0, 0.1) is 0 Å². The molecule has 0 fully saturated rings. The number of benzene rings is 1. The number of nitrogens with zero attached hydrogens (tertiary/aromatic N) is 2. The summed E-state index contributed by atoms with van der Waals surface area (Å²) in [7, 11) is 0. The van der Waals surface area contributed by atoms with Crippen LogP contribution in [0.25, 0.3) is 21.3 Å². The highest BCUT2D eigenvalue weighted by Gasteiger charge is 2.18. The molecule has 0 aliphatic heterocycles. The first-order chi connectivity index (χ1) is 13.7. The van der Waals surface area contributed by atoms with Crippen molar-refractivity contribution in [3.63, 3.8) is 0 Å². The van der Waals surface area contributed by atoms with Crippen LogP contribution in [-0.4, -0.2) is 26.1 Å². The van der Waals surface area contributed by atoms with Gasteiger partial charge in [-0.15, -0.1) is 17.9 Å².